The first-order valence-electron chi connectivity index (χ1n) is 4.43. The zero-order valence-electron chi connectivity index (χ0n) is 8.61. The minimum absolute atomic E-state index is 0.0280. The van der Waals surface area contributed by atoms with Gasteiger partial charge in [0, 0.05) is 0 Å². The molecule has 0 fully saturated rings. The van der Waals surface area contributed by atoms with Gasteiger partial charge >= 0.3 is 0 Å². The number of hydrogen-bond donors (Lipinski definition) is 2. The minimum atomic E-state index is -0.204. The molecule has 0 aliphatic carbocycles. The lowest BCUT2D eigenvalue weighted by Crippen LogP contribution is -2.31. The maximum atomic E-state index is 11.0. The van der Waals surface area contributed by atoms with E-state index >= 15 is 0 Å². The largest absolute Gasteiger partial charge is 0.294 e. The molecule has 1 atom stereocenters. The van der Waals surface area contributed by atoms with Gasteiger partial charge in [-0.05, 0) is 20.8 Å². The molecule has 6 heteroatoms. The number of aromatic nitrogens is 3. The zero-order chi connectivity index (χ0) is 10.7. The Kier molecular flexibility index (Phi) is 3.19. The van der Waals surface area contributed by atoms with Gasteiger partial charge in [-0.15, -0.1) is 0 Å². The highest BCUT2D eigenvalue weighted by atomic mass is 16.2. The summed E-state index contributed by atoms with van der Waals surface area (Å²) in [6.07, 6.45) is 0.306. The second-order valence-electron chi connectivity index (χ2n) is 3.27. The number of nitrogens with two attached hydrogens (primary N) is 1. The average Bonchev–Trinajstić information content (AvgIpc) is 2.45. The molecule has 0 aliphatic heterocycles. The van der Waals surface area contributed by atoms with Gasteiger partial charge in [0.15, 0.2) is 0 Å². The van der Waals surface area contributed by atoms with Gasteiger partial charge < -0.3 is 0 Å². The van der Waals surface area contributed by atoms with Crippen LogP contribution in [0.5, 0.6) is 0 Å². The molecule has 3 N–H and O–H groups in total. The summed E-state index contributed by atoms with van der Waals surface area (Å²) in [4.78, 5) is 15.2. The quantitative estimate of drug-likeness (QED) is 0.400. The van der Waals surface area contributed by atoms with Crippen molar-refractivity contribution >= 4 is 5.91 Å². The van der Waals surface area contributed by atoms with Crippen LogP contribution in [0.15, 0.2) is 0 Å². The van der Waals surface area contributed by atoms with Gasteiger partial charge in [0.2, 0.25) is 5.91 Å². The van der Waals surface area contributed by atoms with Crippen molar-refractivity contribution < 1.29 is 4.79 Å². The summed E-state index contributed by atoms with van der Waals surface area (Å²) in [7, 11) is 0. The van der Waals surface area contributed by atoms with Crippen LogP contribution in [-0.2, 0) is 4.79 Å². The Hall–Kier alpha value is -1.43. The third-order valence-corrected chi connectivity index (χ3v) is 1.97. The topological polar surface area (TPSA) is 85.8 Å². The fourth-order valence-electron chi connectivity index (χ4n) is 1.37. The summed E-state index contributed by atoms with van der Waals surface area (Å²) in [5.41, 5.74) is 2.09. The molecule has 0 saturated carbocycles. The van der Waals surface area contributed by atoms with Crippen LogP contribution in [-0.4, -0.2) is 20.7 Å². The molecular formula is C8H15N5O. The van der Waals surface area contributed by atoms with Crippen LogP contribution in [0.25, 0.3) is 0 Å². The van der Waals surface area contributed by atoms with E-state index in [-0.39, 0.29) is 11.9 Å². The number of nitrogens with zero attached hydrogens (tertiary/aromatic N) is 3. The SMILES string of the molecule is Cc1nc(C)n([C@@H](C)CC(=O)NN)n1. The van der Waals surface area contributed by atoms with Crippen molar-refractivity contribution in [3.05, 3.63) is 11.6 Å². The number of amides is 1. The van der Waals surface area contributed by atoms with Gasteiger partial charge in [0.1, 0.15) is 11.6 Å². The molecule has 1 aromatic heterocycles. The molecule has 1 heterocycles. The summed E-state index contributed by atoms with van der Waals surface area (Å²) in [6, 6.07) is -0.0280. The Labute approximate surface area is 82.5 Å². The van der Waals surface area contributed by atoms with E-state index in [0.29, 0.717) is 12.2 Å². The van der Waals surface area contributed by atoms with Crippen molar-refractivity contribution in [3.63, 3.8) is 0 Å². The molecule has 6 nitrogen and oxygen atoms in total. The molecule has 78 valence electrons. The molecular weight excluding hydrogens is 182 g/mol. The molecule has 0 radical (unpaired) electrons. The van der Waals surface area contributed by atoms with Crippen molar-refractivity contribution in [3.8, 4) is 0 Å². The lowest BCUT2D eigenvalue weighted by atomic mass is 10.2. The van der Waals surface area contributed by atoms with Gasteiger partial charge in [-0.25, -0.2) is 15.5 Å². The van der Waals surface area contributed by atoms with Crippen LogP contribution in [0.1, 0.15) is 31.0 Å². The van der Waals surface area contributed by atoms with Crippen LogP contribution in [0, 0.1) is 13.8 Å². The van der Waals surface area contributed by atoms with Crippen molar-refractivity contribution in [1.82, 2.24) is 20.2 Å². The Morgan fingerprint density at radius 1 is 1.64 bits per heavy atom. The summed E-state index contributed by atoms with van der Waals surface area (Å²) in [5.74, 6) is 6.31. The van der Waals surface area contributed by atoms with Gasteiger partial charge in [0.25, 0.3) is 0 Å². The van der Waals surface area contributed by atoms with Gasteiger partial charge in [-0.3, -0.25) is 10.2 Å². The molecule has 1 amide bonds. The Bertz CT molecular complexity index is 332. The molecule has 0 unspecified atom stereocenters. The number of nitrogens with one attached hydrogen (secondary N) is 1. The molecule has 14 heavy (non-hydrogen) atoms. The monoisotopic (exact) mass is 197 g/mol. The number of carbonyl (C=O) groups excluding carboxylic acids is 1. The smallest absolute Gasteiger partial charge is 0.236 e. The molecule has 0 saturated heterocycles. The predicted octanol–water partition coefficient (Wildman–Crippen LogP) is -0.164. The van der Waals surface area contributed by atoms with Gasteiger partial charge in [-0.1, -0.05) is 0 Å². The van der Waals surface area contributed by atoms with Crippen molar-refractivity contribution in [1.29, 1.82) is 0 Å². The van der Waals surface area contributed by atoms with Crippen LogP contribution in [0.3, 0.4) is 0 Å². The third-order valence-electron chi connectivity index (χ3n) is 1.97. The Morgan fingerprint density at radius 2 is 2.29 bits per heavy atom. The normalized spacial score (nSPS) is 12.6. The van der Waals surface area contributed by atoms with E-state index in [0.717, 1.165) is 5.82 Å². The molecule has 0 bridgehead atoms. The zero-order valence-corrected chi connectivity index (χ0v) is 8.61. The fraction of sp³-hybridized carbons (Fsp3) is 0.625. The summed E-state index contributed by atoms with van der Waals surface area (Å²) >= 11 is 0. The van der Waals surface area contributed by atoms with E-state index in [1.165, 1.54) is 0 Å². The van der Waals surface area contributed by atoms with E-state index in [1.54, 1.807) is 4.68 Å². The van der Waals surface area contributed by atoms with E-state index in [1.807, 2.05) is 20.8 Å². The van der Waals surface area contributed by atoms with Crippen LogP contribution < -0.4 is 11.3 Å². The second-order valence-corrected chi connectivity index (χ2v) is 3.27. The van der Waals surface area contributed by atoms with Crippen LogP contribution in [0.4, 0.5) is 0 Å². The van der Waals surface area contributed by atoms with E-state index in [2.05, 4.69) is 15.5 Å². The first-order valence-corrected chi connectivity index (χ1v) is 4.43. The van der Waals surface area contributed by atoms with Crippen molar-refractivity contribution in [2.75, 3.05) is 0 Å². The van der Waals surface area contributed by atoms with Crippen molar-refractivity contribution in [2.45, 2.75) is 33.2 Å². The van der Waals surface area contributed by atoms with Gasteiger partial charge in [-0.2, -0.15) is 5.10 Å². The lowest BCUT2D eigenvalue weighted by Gasteiger charge is -2.11. The van der Waals surface area contributed by atoms with Crippen LogP contribution in [0.2, 0.25) is 0 Å². The lowest BCUT2D eigenvalue weighted by molar-refractivity contribution is -0.121. The minimum Gasteiger partial charge on any atom is -0.294 e. The maximum Gasteiger partial charge on any atom is 0.236 e. The molecule has 0 aromatic carbocycles. The van der Waals surface area contributed by atoms with Crippen LogP contribution >= 0.6 is 0 Å². The maximum absolute atomic E-state index is 11.0. The highest BCUT2D eigenvalue weighted by Crippen LogP contribution is 2.11. The first kappa shape index (κ1) is 10.6. The summed E-state index contributed by atoms with van der Waals surface area (Å²) < 4.78 is 1.73. The predicted molar refractivity (Wildman–Crippen MR) is 51.2 cm³/mol. The van der Waals surface area contributed by atoms with E-state index < -0.39 is 0 Å². The number of aryl methyl sites for hydroxylation is 2. The summed E-state index contributed by atoms with van der Waals surface area (Å²) in [5, 5.41) is 4.18. The van der Waals surface area contributed by atoms with E-state index in [9.17, 15) is 4.79 Å². The second kappa shape index (κ2) is 4.19. The number of rotatable bonds is 3. The highest BCUT2D eigenvalue weighted by molar-refractivity contribution is 5.75. The Balaban J connectivity index is 2.73. The molecule has 1 aromatic rings. The third kappa shape index (κ3) is 2.29. The van der Waals surface area contributed by atoms with Crippen molar-refractivity contribution in [2.24, 2.45) is 5.84 Å². The van der Waals surface area contributed by atoms with E-state index in [4.69, 9.17) is 5.84 Å². The average molecular weight is 197 g/mol. The molecule has 1 rings (SSSR count). The first-order chi connectivity index (χ1) is 6.54. The standard InChI is InChI=1S/C8H15N5O/c1-5(4-8(14)11-9)13-7(3)10-6(2)12-13/h5H,4,9H2,1-3H3,(H,11,14)/t5-/m0/s1. The number of hydrogen-bond acceptors (Lipinski definition) is 4. The number of carbonyl (C=O) groups is 1. The fourth-order valence-corrected chi connectivity index (χ4v) is 1.37. The van der Waals surface area contributed by atoms with Gasteiger partial charge in [0.05, 0.1) is 12.5 Å². The highest BCUT2D eigenvalue weighted by Gasteiger charge is 2.13. The number of hydrazine groups is 1. The molecule has 0 aliphatic rings. The Morgan fingerprint density at radius 3 is 2.71 bits per heavy atom. The molecule has 0 spiro atoms. The summed E-state index contributed by atoms with van der Waals surface area (Å²) in [6.45, 7) is 5.58.